The van der Waals surface area contributed by atoms with E-state index in [1.165, 1.54) is 17.7 Å². The number of sulfone groups is 1. The molecule has 0 spiro atoms. The summed E-state index contributed by atoms with van der Waals surface area (Å²) in [6.45, 7) is 7.63. The van der Waals surface area contributed by atoms with Crippen molar-refractivity contribution in [1.82, 2.24) is 10.2 Å². The van der Waals surface area contributed by atoms with Crippen molar-refractivity contribution in [3.63, 3.8) is 0 Å². The minimum Gasteiger partial charge on any atom is -0.348 e. The molecular weight excluding hydrogens is 348 g/mol. The van der Waals surface area contributed by atoms with Gasteiger partial charge in [0.2, 0.25) is 0 Å². The van der Waals surface area contributed by atoms with Crippen LogP contribution in [-0.4, -0.2) is 38.6 Å². The molecule has 0 bridgehead atoms. The summed E-state index contributed by atoms with van der Waals surface area (Å²) in [6.07, 6.45) is 1.13. The fourth-order valence-corrected chi connectivity index (χ4v) is 3.29. The van der Waals surface area contributed by atoms with E-state index in [4.69, 9.17) is 0 Å². The fourth-order valence-electron chi connectivity index (χ4n) is 2.62. The van der Waals surface area contributed by atoms with Gasteiger partial charge in [0, 0.05) is 24.9 Å². The maximum atomic E-state index is 12.3. The SMILES string of the molecule is CCN(CC)Cc1ccc(CNC(=O)c2cccc(S(C)(=O)=O)c2)cc1. The van der Waals surface area contributed by atoms with E-state index in [0.29, 0.717) is 12.1 Å². The first-order chi connectivity index (χ1) is 12.3. The van der Waals surface area contributed by atoms with Crippen LogP contribution >= 0.6 is 0 Å². The number of nitrogens with one attached hydrogen (secondary N) is 1. The maximum absolute atomic E-state index is 12.3. The molecule has 1 amide bonds. The summed E-state index contributed by atoms with van der Waals surface area (Å²) in [5.74, 6) is -0.289. The van der Waals surface area contributed by atoms with E-state index in [-0.39, 0.29) is 10.8 Å². The van der Waals surface area contributed by atoms with Crippen LogP contribution in [0.3, 0.4) is 0 Å². The Morgan fingerprint density at radius 2 is 1.62 bits per heavy atom. The number of hydrogen-bond acceptors (Lipinski definition) is 4. The largest absolute Gasteiger partial charge is 0.348 e. The molecule has 2 aromatic rings. The number of carbonyl (C=O) groups excluding carboxylic acids is 1. The van der Waals surface area contributed by atoms with Gasteiger partial charge >= 0.3 is 0 Å². The van der Waals surface area contributed by atoms with Gasteiger partial charge in [0.05, 0.1) is 4.90 Å². The molecule has 26 heavy (non-hydrogen) atoms. The average Bonchev–Trinajstić information content (AvgIpc) is 2.64. The Labute approximate surface area is 156 Å². The van der Waals surface area contributed by atoms with E-state index in [1.54, 1.807) is 12.1 Å². The molecule has 0 saturated heterocycles. The fraction of sp³-hybridized carbons (Fsp3) is 0.350. The van der Waals surface area contributed by atoms with Crippen molar-refractivity contribution in [2.45, 2.75) is 31.8 Å². The van der Waals surface area contributed by atoms with E-state index in [0.717, 1.165) is 31.5 Å². The Kier molecular flexibility index (Phi) is 6.94. The molecule has 0 radical (unpaired) electrons. The van der Waals surface area contributed by atoms with Crippen LogP contribution in [0.15, 0.2) is 53.4 Å². The Morgan fingerprint density at radius 3 is 2.19 bits per heavy atom. The normalized spacial score (nSPS) is 11.5. The average molecular weight is 375 g/mol. The summed E-state index contributed by atoms with van der Waals surface area (Å²) in [5.41, 5.74) is 2.58. The smallest absolute Gasteiger partial charge is 0.251 e. The maximum Gasteiger partial charge on any atom is 0.251 e. The highest BCUT2D eigenvalue weighted by Crippen LogP contribution is 2.12. The summed E-state index contributed by atoms with van der Waals surface area (Å²) < 4.78 is 23.2. The van der Waals surface area contributed by atoms with Crippen molar-refractivity contribution >= 4 is 15.7 Å². The zero-order valence-corrected chi connectivity index (χ0v) is 16.3. The van der Waals surface area contributed by atoms with Crippen molar-refractivity contribution < 1.29 is 13.2 Å². The lowest BCUT2D eigenvalue weighted by Crippen LogP contribution is -2.23. The highest BCUT2D eigenvalue weighted by molar-refractivity contribution is 7.90. The van der Waals surface area contributed by atoms with Gasteiger partial charge in [-0.3, -0.25) is 9.69 Å². The molecule has 140 valence electrons. The van der Waals surface area contributed by atoms with Crippen molar-refractivity contribution in [1.29, 1.82) is 0 Å². The predicted molar refractivity (Wildman–Crippen MR) is 104 cm³/mol. The van der Waals surface area contributed by atoms with Crippen molar-refractivity contribution in [2.24, 2.45) is 0 Å². The lowest BCUT2D eigenvalue weighted by molar-refractivity contribution is 0.0950. The van der Waals surface area contributed by atoms with Crippen LogP contribution in [0.4, 0.5) is 0 Å². The Hall–Kier alpha value is -2.18. The third-order valence-corrected chi connectivity index (χ3v) is 5.41. The van der Waals surface area contributed by atoms with E-state index in [9.17, 15) is 13.2 Å². The molecule has 0 atom stereocenters. The van der Waals surface area contributed by atoms with Gasteiger partial charge in [-0.15, -0.1) is 0 Å². The number of benzene rings is 2. The molecule has 0 heterocycles. The predicted octanol–water partition coefficient (Wildman–Crippen LogP) is 2.86. The standard InChI is InChI=1S/C20H26N2O3S/c1-4-22(5-2)15-17-11-9-16(10-12-17)14-21-20(23)18-7-6-8-19(13-18)26(3,24)25/h6-13H,4-5,14-15H2,1-3H3,(H,21,23). The van der Waals surface area contributed by atoms with Gasteiger partial charge in [-0.05, 0) is 42.4 Å². The van der Waals surface area contributed by atoms with E-state index in [2.05, 4.69) is 36.2 Å². The molecule has 0 aromatic heterocycles. The Morgan fingerprint density at radius 1 is 1.00 bits per heavy atom. The topological polar surface area (TPSA) is 66.5 Å². The first-order valence-electron chi connectivity index (χ1n) is 8.72. The summed E-state index contributed by atoms with van der Waals surface area (Å²) in [6, 6.07) is 14.2. The lowest BCUT2D eigenvalue weighted by Gasteiger charge is -2.18. The van der Waals surface area contributed by atoms with Gasteiger partial charge in [-0.25, -0.2) is 8.42 Å². The van der Waals surface area contributed by atoms with Crippen LogP contribution in [0.25, 0.3) is 0 Å². The number of rotatable bonds is 8. The molecule has 1 N–H and O–H groups in total. The van der Waals surface area contributed by atoms with Gasteiger partial charge < -0.3 is 5.32 Å². The van der Waals surface area contributed by atoms with E-state index >= 15 is 0 Å². The first kappa shape index (κ1) is 20.1. The number of amides is 1. The second-order valence-corrected chi connectivity index (χ2v) is 8.28. The number of hydrogen-bond donors (Lipinski definition) is 1. The zero-order chi connectivity index (χ0) is 19.2. The Balaban J connectivity index is 1.97. The third-order valence-electron chi connectivity index (χ3n) is 4.30. The molecule has 0 saturated carbocycles. The highest BCUT2D eigenvalue weighted by Gasteiger charge is 2.11. The zero-order valence-electron chi connectivity index (χ0n) is 15.5. The van der Waals surface area contributed by atoms with Crippen LogP contribution in [0.2, 0.25) is 0 Å². The molecule has 0 aliphatic rings. The van der Waals surface area contributed by atoms with Gasteiger partial charge in [-0.2, -0.15) is 0 Å². The molecular formula is C20H26N2O3S. The summed E-state index contributed by atoms with van der Waals surface area (Å²) >= 11 is 0. The van der Waals surface area contributed by atoms with Crippen molar-refractivity contribution in [3.05, 3.63) is 65.2 Å². The molecule has 0 aliphatic carbocycles. The minimum atomic E-state index is -3.33. The van der Waals surface area contributed by atoms with Gasteiger partial charge in [0.1, 0.15) is 0 Å². The second-order valence-electron chi connectivity index (χ2n) is 6.26. The minimum absolute atomic E-state index is 0.144. The molecule has 0 aliphatic heterocycles. The monoisotopic (exact) mass is 374 g/mol. The Bertz CT molecular complexity index is 842. The number of nitrogens with zero attached hydrogens (tertiary/aromatic N) is 1. The van der Waals surface area contributed by atoms with Crippen molar-refractivity contribution in [2.75, 3.05) is 19.3 Å². The molecule has 2 rings (SSSR count). The van der Waals surface area contributed by atoms with Crippen LogP contribution in [0, 0.1) is 0 Å². The van der Waals surface area contributed by atoms with Crippen LogP contribution in [-0.2, 0) is 22.9 Å². The first-order valence-corrected chi connectivity index (χ1v) is 10.6. The second kappa shape index (κ2) is 8.96. The van der Waals surface area contributed by atoms with E-state index in [1.807, 2.05) is 12.1 Å². The van der Waals surface area contributed by atoms with Gasteiger partial charge in [0.15, 0.2) is 9.84 Å². The van der Waals surface area contributed by atoms with Gasteiger partial charge in [0.25, 0.3) is 5.91 Å². The molecule has 6 heteroatoms. The molecule has 2 aromatic carbocycles. The van der Waals surface area contributed by atoms with E-state index < -0.39 is 9.84 Å². The lowest BCUT2D eigenvalue weighted by atomic mass is 10.1. The molecule has 5 nitrogen and oxygen atoms in total. The summed E-state index contributed by atoms with van der Waals surface area (Å²) in [7, 11) is -3.33. The van der Waals surface area contributed by atoms with Crippen molar-refractivity contribution in [3.8, 4) is 0 Å². The summed E-state index contributed by atoms with van der Waals surface area (Å²) in [5, 5.41) is 2.83. The van der Waals surface area contributed by atoms with Gasteiger partial charge in [-0.1, -0.05) is 44.2 Å². The summed E-state index contributed by atoms with van der Waals surface area (Å²) in [4.78, 5) is 14.8. The van der Waals surface area contributed by atoms with Crippen LogP contribution in [0.5, 0.6) is 0 Å². The van der Waals surface area contributed by atoms with Crippen LogP contribution in [0.1, 0.15) is 35.3 Å². The molecule has 0 unspecified atom stereocenters. The highest BCUT2D eigenvalue weighted by atomic mass is 32.2. The van der Waals surface area contributed by atoms with Crippen LogP contribution < -0.4 is 5.32 Å². The third kappa shape index (κ3) is 5.68. The quantitative estimate of drug-likeness (QED) is 0.772. The number of carbonyl (C=O) groups is 1. The molecule has 0 fully saturated rings.